The lowest BCUT2D eigenvalue weighted by Gasteiger charge is -2.27. The molecular formula is C24H31O4P2+. The van der Waals surface area contributed by atoms with E-state index in [1.807, 2.05) is 0 Å². The second kappa shape index (κ2) is 12.2. The summed E-state index contributed by atoms with van der Waals surface area (Å²) in [6, 6.07) is 33.6. The van der Waals surface area contributed by atoms with Gasteiger partial charge in [0.25, 0.3) is 0 Å². The van der Waals surface area contributed by atoms with Crippen LogP contribution in [-0.2, 0) is 4.57 Å². The third kappa shape index (κ3) is 7.47. The van der Waals surface area contributed by atoms with Gasteiger partial charge in [-0.1, -0.05) is 74.4 Å². The van der Waals surface area contributed by atoms with Gasteiger partial charge in [0.1, 0.15) is 23.2 Å². The van der Waals surface area contributed by atoms with Crippen molar-refractivity contribution < 1.29 is 19.2 Å². The molecule has 160 valence electrons. The summed E-state index contributed by atoms with van der Waals surface area (Å²) in [5.41, 5.74) is 0. The van der Waals surface area contributed by atoms with Gasteiger partial charge in [0.15, 0.2) is 0 Å². The third-order valence-corrected chi connectivity index (χ3v) is 9.46. The highest BCUT2D eigenvalue weighted by atomic mass is 31.2. The summed E-state index contributed by atoms with van der Waals surface area (Å²) in [6.07, 6.45) is 6.49. The lowest BCUT2D eigenvalue weighted by molar-refractivity contribution is 0.275. The quantitative estimate of drug-likeness (QED) is 0.349. The molecule has 0 radical (unpaired) electrons. The first kappa shape index (κ1) is 24.5. The molecule has 0 atom stereocenters. The Kier molecular flexibility index (Phi) is 9.91. The van der Waals surface area contributed by atoms with Gasteiger partial charge < -0.3 is 14.7 Å². The molecule has 30 heavy (non-hydrogen) atoms. The van der Waals surface area contributed by atoms with Gasteiger partial charge in [-0.25, -0.2) is 4.57 Å². The van der Waals surface area contributed by atoms with Crippen LogP contribution in [0.3, 0.4) is 0 Å². The van der Waals surface area contributed by atoms with Crippen LogP contribution in [0.4, 0.5) is 0 Å². The van der Waals surface area contributed by atoms with Crippen molar-refractivity contribution in [1.29, 1.82) is 0 Å². The van der Waals surface area contributed by atoms with Crippen molar-refractivity contribution in [3.63, 3.8) is 0 Å². The molecular weight excluding hydrogens is 414 g/mol. The summed E-state index contributed by atoms with van der Waals surface area (Å²) in [7, 11) is -6.23. The van der Waals surface area contributed by atoms with Crippen molar-refractivity contribution in [2.75, 3.05) is 6.16 Å². The zero-order valence-corrected chi connectivity index (χ0v) is 19.1. The van der Waals surface area contributed by atoms with E-state index in [4.69, 9.17) is 19.2 Å². The van der Waals surface area contributed by atoms with Crippen LogP contribution in [0.5, 0.6) is 0 Å². The largest absolute Gasteiger partial charge is 0.466 e. The summed E-state index contributed by atoms with van der Waals surface area (Å²) in [6.45, 7) is 2.29. The van der Waals surface area contributed by atoms with E-state index < -0.39 is 15.1 Å². The minimum atomic E-state index is -4.64. The molecule has 4 nitrogen and oxygen atoms in total. The highest BCUT2D eigenvalue weighted by molar-refractivity contribution is 7.95. The summed E-state index contributed by atoms with van der Waals surface area (Å²) in [5, 5.41) is 4.51. The number of rotatable bonds is 8. The molecule has 3 aromatic rings. The summed E-state index contributed by atoms with van der Waals surface area (Å²) in [5.74, 6) is 0. The lowest BCUT2D eigenvalue weighted by Crippen LogP contribution is -2.33. The predicted molar refractivity (Wildman–Crippen MR) is 128 cm³/mol. The monoisotopic (exact) mass is 445 g/mol. The number of phosphoric acid groups is 1. The number of unbranched alkanes of at least 4 members (excludes halogenated alkanes) is 3. The van der Waals surface area contributed by atoms with Gasteiger partial charge in [0.05, 0.1) is 6.16 Å². The molecule has 0 aliphatic heterocycles. The van der Waals surface area contributed by atoms with E-state index >= 15 is 0 Å². The fourth-order valence-corrected chi connectivity index (χ4v) is 8.07. The molecule has 0 unspecified atom stereocenters. The molecule has 3 rings (SSSR count). The first-order chi connectivity index (χ1) is 14.4. The van der Waals surface area contributed by atoms with E-state index in [2.05, 4.69) is 97.9 Å². The van der Waals surface area contributed by atoms with Gasteiger partial charge in [-0.05, 0) is 49.2 Å². The Labute approximate surface area is 180 Å². The molecule has 0 amide bonds. The minimum Gasteiger partial charge on any atom is -0.303 e. The molecule has 0 aliphatic carbocycles. The maximum absolute atomic E-state index is 8.88. The highest BCUT2D eigenvalue weighted by Gasteiger charge is 2.44. The van der Waals surface area contributed by atoms with Crippen LogP contribution >= 0.6 is 15.1 Å². The zero-order chi connectivity index (χ0) is 21.9. The molecule has 3 N–H and O–H groups in total. The van der Waals surface area contributed by atoms with E-state index in [1.165, 1.54) is 47.8 Å². The Bertz CT molecular complexity index is 791. The topological polar surface area (TPSA) is 77.8 Å². The second-order valence-corrected chi connectivity index (χ2v) is 11.8. The Balaban J connectivity index is 0.000000575. The van der Waals surface area contributed by atoms with Crippen molar-refractivity contribution in [2.24, 2.45) is 0 Å². The number of benzene rings is 3. The Morgan fingerprint density at radius 2 is 0.967 bits per heavy atom. The molecule has 0 fully saturated rings. The maximum atomic E-state index is 8.88. The van der Waals surface area contributed by atoms with Crippen molar-refractivity contribution in [1.82, 2.24) is 0 Å². The van der Waals surface area contributed by atoms with Crippen LogP contribution in [0.2, 0.25) is 0 Å². The summed E-state index contributed by atoms with van der Waals surface area (Å²) < 4.78 is 8.88. The van der Waals surface area contributed by atoms with Crippen LogP contribution in [0.15, 0.2) is 91.0 Å². The van der Waals surface area contributed by atoms with Crippen LogP contribution in [0, 0.1) is 0 Å². The molecule has 0 heterocycles. The average Bonchev–Trinajstić information content (AvgIpc) is 2.75. The van der Waals surface area contributed by atoms with Gasteiger partial charge in [0.2, 0.25) is 0 Å². The van der Waals surface area contributed by atoms with Crippen molar-refractivity contribution in [2.45, 2.75) is 32.6 Å². The Morgan fingerprint density at radius 3 is 1.27 bits per heavy atom. The Hall–Kier alpha value is -1.80. The molecule has 0 aliphatic rings. The van der Waals surface area contributed by atoms with Gasteiger partial charge >= 0.3 is 7.82 Å². The standard InChI is InChI=1S/C24H28P.H3O4P/c1-2-3-4-14-21-25(22-15-8-5-9-16-22,23-17-10-6-11-18-23)24-19-12-7-13-20-24;1-5(2,3)4/h5-13,15-20H,2-4,14,21H2,1H3;(H3,1,2,3,4)/q+1;. The minimum absolute atomic E-state index is 1.25. The van der Waals surface area contributed by atoms with Gasteiger partial charge in [-0.2, -0.15) is 0 Å². The van der Waals surface area contributed by atoms with Gasteiger partial charge in [0, 0.05) is 0 Å². The lowest BCUT2D eigenvalue weighted by atomic mass is 10.2. The van der Waals surface area contributed by atoms with E-state index in [0.717, 1.165) is 0 Å². The first-order valence-corrected chi connectivity index (χ1v) is 13.7. The maximum Gasteiger partial charge on any atom is 0.466 e. The molecule has 6 heteroatoms. The number of hydrogen-bond acceptors (Lipinski definition) is 1. The Morgan fingerprint density at radius 1 is 0.633 bits per heavy atom. The van der Waals surface area contributed by atoms with Crippen LogP contribution in [-0.4, -0.2) is 20.8 Å². The van der Waals surface area contributed by atoms with Crippen LogP contribution in [0.25, 0.3) is 0 Å². The third-order valence-electron chi connectivity index (χ3n) is 4.94. The van der Waals surface area contributed by atoms with Crippen molar-refractivity contribution >= 4 is 31.0 Å². The average molecular weight is 445 g/mol. The first-order valence-electron chi connectivity index (χ1n) is 10.2. The van der Waals surface area contributed by atoms with Crippen molar-refractivity contribution in [3.8, 4) is 0 Å². The molecule has 0 spiro atoms. The van der Waals surface area contributed by atoms with Crippen LogP contribution in [0.1, 0.15) is 32.6 Å². The van der Waals surface area contributed by atoms with E-state index in [0.29, 0.717) is 0 Å². The number of hydrogen-bond donors (Lipinski definition) is 3. The summed E-state index contributed by atoms with van der Waals surface area (Å²) in [4.78, 5) is 21.6. The van der Waals surface area contributed by atoms with E-state index in [1.54, 1.807) is 0 Å². The molecule has 0 saturated heterocycles. The van der Waals surface area contributed by atoms with E-state index in [9.17, 15) is 0 Å². The van der Waals surface area contributed by atoms with Gasteiger partial charge in [-0.15, -0.1) is 0 Å². The summed E-state index contributed by atoms with van der Waals surface area (Å²) >= 11 is 0. The van der Waals surface area contributed by atoms with E-state index in [-0.39, 0.29) is 0 Å². The van der Waals surface area contributed by atoms with Gasteiger partial charge in [-0.3, -0.25) is 0 Å². The molecule has 0 saturated carbocycles. The molecule has 0 aromatic heterocycles. The zero-order valence-electron chi connectivity index (χ0n) is 17.3. The highest BCUT2D eigenvalue weighted by Crippen LogP contribution is 2.55. The predicted octanol–water partition coefficient (Wildman–Crippen LogP) is 4.63. The molecule has 0 bridgehead atoms. The SMILES string of the molecule is CCCCCC[P+](c1ccccc1)(c1ccccc1)c1ccccc1.O=P(O)(O)O. The second-order valence-electron chi connectivity index (χ2n) is 7.11. The normalized spacial score (nSPS) is 11.5. The smallest absolute Gasteiger partial charge is 0.303 e. The molecule has 3 aromatic carbocycles. The fourth-order valence-electron chi connectivity index (χ4n) is 3.66. The van der Waals surface area contributed by atoms with Crippen LogP contribution < -0.4 is 15.9 Å². The fraction of sp³-hybridized carbons (Fsp3) is 0.250. The van der Waals surface area contributed by atoms with Crippen molar-refractivity contribution in [3.05, 3.63) is 91.0 Å².